The van der Waals surface area contributed by atoms with E-state index in [2.05, 4.69) is 0 Å². The average Bonchev–Trinajstić information content (AvgIpc) is 2.59. The second-order valence-electron chi connectivity index (χ2n) is 7.36. The van der Waals surface area contributed by atoms with E-state index in [4.69, 9.17) is 31.9 Å². The second kappa shape index (κ2) is 11.4. The molecule has 0 saturated carbocycles. The van der Waals surface area contributed by atoms with Gasteiger partial charge in [0.25, 0.3) is 0 Å². The lowest BCUT2D eigenvalue weighted by Gasteiger charge is -2.50. The first-order valence-electron chi connectivity index (χ1n) is 8.70. The summed E-state index contributed by atoms with van der Waals surface area (Å²) in [5.74, 6) is -0.714. The Kier molecular flexibility index (Phi) is 11.3. The quantitative estimate of drug-likeness (QED) is 0.140. The minimum absolute atomic E-state index is 0.0516. The van der Waals surface area contributed by atoms with Gasteiger partial charge in [-0.15, -0.1) is 0 Å². The van der Waals surface area contributed by atoms with Crippen LogP contribution in [0.1, 0.15) is 32.6 Å². The van der Waals surface area contributed by atoms with E-state index in [9.17, 15) is 20.4 Å². The number of aliphatic hydroxyl groups is 8. The molecule has 10 nitrogen and oxygen atoms in total. The zero-order valence-corrected chi connectivity index (χ0v) is 15.3. The highest BCUT2D eigenvalue weighted by Gasteiger charge is 2.49. The van der Waals surface area contributed by atoms with Crippen LogP contribution < -0.4 is 11.5 Å². The van der Waals surface area contributed by atoms with E-state index in [-0.39, 0.29) is 25.7 Å². The Morgan fingerprint density at radius 2 is 0.962 bits per heavy atom. The van der Waals surface area contributed by atoms with Crippen molar-refractivity contribution in [1.29, 1.82) is 0 Å². The Bertz CT molecular complexity index is 361. The molecule has 10 heteroatoms. The highest BCUT2D eigenvalue weighted by molar-refractivity contribution is 5.10. The lowest BCUT2D eigenvalue weighted by atomic mass is 9.63. The van der Waals surface area contributed by atoms with Crippen LogP contribution in [0, 0.1) is 5.92 Å². The van der Waals surface area contributed by atoms with Crippen LogP contribution in [0.15, 0.2) is 0 Å². The van der Waals surface area contributed by atoms with Gasteiger partial charge in [0.2, 0.25) is 0 Å². The first kappa shape index (κ1) is 25.6. The van der Waals surface area contributed by atoms with Crippen LogP contribution in [0.2, 0.25) is 0 Å². The van der Waals surface area contributed by atoms with Crippen LogP contribution in [-0.2, 0) is 0 Å². The molecule has 5 unspecified atom stereocenters. The average molecular weight is 384 g/mol. The third kappa shape index (κ3) is 7.31. The minimum Gasteiger partial charge on any atom is -0.394 e. The number of hydrogen-bond donors (Lipinski definition) is 10. The van der Waals surface area contributed by atoms with Crippen LogP contribution in [0.5, 0.6) is 0 Å². The third-order valence-corrected chi connectivity index (χ3v) is 5.08. The molecule has 0 aliphatic carbocycles. The van der Waals surface area contributed by atoms with Gasteiger partial charge in [-0.05, 0) is 38.5 Å². The minimum atomic E-state index is -1.49. The monoisotopic (exact) mass is 384 g/mol. The van der Waals surface area contributed by atoms with Crippen LogP contribution in [0.3, 0.4) is 0 Å². The predicted octanol–water partition coefficient (Wildman–Crippen LogP) is -4.01. The molecule has 158 valence electrons. The molecule has 5 atom stereocenters. The van der Waals surface area contributed by atoms with Crippen molar-refractivity contribution in [2.75, 3.05) is 26.4 Å². The highest BCUT2D eigenvalue weighted by atomic mass is 16.3. The summed E-state index contributed by atoms with van der Waals surface area (Å²) >= 11 is 0. The smallest absolute Gasteiger partial charge is 0.0789 e. The van der Waals surface area contributed by atoms with Crippen molar-refractivity contribution in [3.63, 3.8) is 0 Å². The SMILES string of the molecule is CC(N)(C(CC(O)CO)CC(O)CO)C(N)(CC(O)CO)CC(O)CO. The van der Waals surface area contributed by atoms with Crippen molar-refractivity contribution >= 4 is 0 Å². The Balaban J connectivity index is 5.80. The van der Waals surface area contributed by atoms with Gasteiger partial charge >= 0.3 is 0 Å². The normalized spacial score (nSPS) is 22.7. The molecule has 0 aliphatic rings. The van der Waals surface area contributed by atoms with Crippen molar-refractivity contribution in [3.05, 3.63) is 0 Å². The molecule has 0 saturated heterocycles. The molecular formula is C16H36N2O8. The summed E-state index contributed by atoms with van der Waals surface area (Å²) in [5, 5.41) is 76.0. The van der Waals surface area contributed by atoms with E-state index in [1.807, 2.05) is 0 Å². The lowest BCUT2D eigenvalue weighted by Crippen LogP contribution is -2.70. The molecule has 0 amide bonds. The molecule has 0 bridgehead atoms. The summed E-state index contributed by atoms with van der Waals surface area (Å²) in [6.45, 7) is -0.753. The summed E-state index contributed by atoms with van der Waals surface area (Å²) in [6.07, 6.45) is -5.30. The van der Waals surface area contributed by atoms with Crippen molar-refractivity contribution in [1.82, 2.24) is 0 Å². The fraction of sp³-hybridized carbons (Fsp3) is 1.00. The number of rotatable bonds is 14. The van der Waals surface area contributed by atoms with Gasteiger partial charge in [0, 0.05) is 11.1 Å². The van der Waals surface area contributed by atoms with Gasteiger partial charge in [0.05, 0.1) is 50.8 Å². The Hall–Kier alpha value is -0.400. The molecular weight excluding hydrogens is 348 g/mol. The first-order chi connectivity index (χ1) is 12.0. The third-order valence-electron chi connectivity index (χ3n) is 5.08. The number of nitrogens with two attached hydrogens (primary N) is 2. The predicted molar refractivity (Wildman–Crippen MR) is 93.8 cm³/mol. The maximum absolute atomic E-state index is 9.87. The fourth-order valence-corrected chi connectivity index (χ4v) is 3.29. The van der Waals surface area contributed by atoms with Crippen LogP contribution >= 0.6 is 0 Å². The van der Waals surface area contributed by atoms with Gasteiger partial charge in [-0.2, -0.15) is 0 Å². The van der Waals surface area contributed by atoms with Gasteiger partial charge in [0.1, 0.15) is 0 Å². The van der Waals surface area contributed by atoms with E-state index in [1.165, 1.54) is 6.92 Å². The van der Waals surface area contributed by atoms with E-state index in [0.29, 0.717) is 0 Å². The zero-order chi connectivity index (χ0) is 20.5. The highest BCUT2D eigenvalue weighted by Crippen LogP contribution is 2.38. The fourth-order valence-electron chi connectivity index (χ4n) is 3.29. The van der Waals surface area contributed by atoms with E-state index < -0.39 is 67.8 Å². The lowest BCUT2D eigenvalue weighted by molar-refractivity contribution is -0.0252. The maximum Gasteiger partial charge on any atom is 0.0789 e. The molecule has 0 aromatic heterocycles. The summed E-state index contributed by atoms with van der Waals surface area (Å²) in [7, 11) is 0. The van der Waals surface area contributed by atoms with Gasteiger partial charge in [0.15, 0.2) is 0 Å². The second-order valence-corrected chi connectivity index (χ2v) is 7.36. The van der Waals surface area contributed by atoms with E-state index in [1.54, 1.807) is 0 Å². The molecule has 0 spiro atoms. The van der Waals surface area contributed by atoms with E-state index >= 15 is 0 Å². The van der Waals surface area contributed by atoms with Crippen molar-refractivity contribution in [3.8, 4) is 0 Å². The largest absolute Gasteiger partial charge is 0.394 e. The van der Waals surface area contributed by atoms with E-state index in [0.717, 1.165) is 0 Å². The standard InChI is InChI=1S/C16H36N2O8/c1-15(17,10(2-11(23)6-19)3-12(24)7-20)16(18,4-13(25)8-21)5-14(26)9-22/h10-14,19-26H,2-9,17-18H2,1H3. The molecule has 0 heterocycles. The Morgan fingerprint density at radius 1 is 0.654 bits per heavy atom. The molecule has 0 aliphatic heterocycles. The molecule has 0 aromatic carbocycles. The summed E-state index contributed by atoms with van der Waals surface area (Å²) in [6, 6.07) is 0. The molecule has 0 rings (SSSR count). The van der Waals surface area contributed by atoms with Crippen molar-refractivity contribution in [2.24, 2.45) is 17.4 Å². The molecule has 0 aromatic rings. The molecule has 0 radical (unpaired) electrons. The topological polar surface area (TPSA) is 214 Å². The van der Waals surface area contributed by atoms with Gasteiger partial charge in [-0.25, -0.2) is 0 Å². The van der Waals surface area contributed by atoms with Crippen molar-refractivity contribution in [2.45, 2.75) is 68.1 Å². The number of hydrogen-bond acceptors (Lipinski definition) is 10. The zero-order valence-electron chi connectivity index (χ0n) is 15.3. The summed E-state index contributed by atoms with van der Waals surface area (Å²) in [4.78, 5) is 0. The first-order valence-corrected chi connectivity index (χ1v) is 8.70. The van der Waals surface area contributed by atoms with Crippen LogP contribution in [0.25, 0.3) is 0 Å². The number of aliphatic hydroxyl groups excluding tert-OH is 8. The molecule has 12 N–H and O–H groups in total. The van der Waals surface area contributed by atoms with Gasteiger partial charge < -0.3 is 52.3 Å². The van der Waals surface area contributed by atoms with Crippen LogP contribution in [-0.4, -0.2) is 103 Å². The van der Waals surface area contributed by atoms with Gasteiger partial charge in [-0.1, -0.05) is 0 Å². The van der Waals surface area contributed by atoms with Gasteiger partial charge in [-0.3, -0.25) is 0 Å². The summed E-state index contributed by atoms with van der Waals surface area (Å²) < 4.78 is 0. The molecule has 0 fully saturated rings. The summed E-state index contributed by atoms with van der Waals surface area (Å²) in [5.41, 5.74) is 9.96. The van der Waals surface area contributed by atoms with Crippen LogP contribution in [0.4, 0.5) is 0 Å². The maximum atomic E-state index is 9.87. The van der Waals surface area contributed by atoms with Crippen molar-refractivity contribution < 1.29 is 40.9 Å². The Morgan fingerprint density at radius 3 is 1.23 bits per heavy atom. The molecule has 26 heavy (non-hydrogen) atoms. The Labute approximate surface area is 153 Å².